The molecule has 1 aromatic heterocycles. The quantitative estimate of drug-likeness (QED) is 0.540. The summed E-state index contributed by atoms with van der Waals surface area (Å²) in [6.07, 6.45) is 20.3. The Morgan fingerprint density at radius 3 is 2.76 bits per heavy atom. The van der Waals surface area contributed by atoms with Crippen molar-refractivity contribution < 1.29 is 0 Å². The molecule has 0 saturated heterocycles. The first-order chi connectivity index (χ1) is 12.1. The third kappa shape index (κ3) is 2.17. The van der Waals surface area contributed by atoms with Gasteiger partial charge >= 0.3 is 0 Å². The predicted molar refractivity (Wildman–Crippen MR) is 104 cm³/mol. The van der Waals surface area contributed by atoms with E-state index in [9.17, 15) is 0 Å². The smallest absolute Gasteiger partial charge is 0.0343 e. The molecule has 1 nitrogen and oxygen atoms in total. The molecule has 1 heteroatoms. The van der Waals surface area contributed by atoms with Crippen LogP contribution in [0.15, 0.2) is 42.3 Å². The lowest BCUT2D eigenvalue weighted by molar-refractivity contribution is -0.00980. The Morgan fingerprint density at radius 2 is 1.92 bits per heavy atom. The minimum Gasteiger partial charge on any atom is -0.264 e. The summed E-state index contributed by atoms with van der Waals surface area (Å²) in [5, 5.41) is 0. The van der Waals surface area contributed by atoms with Crippen molar-refractivity contribution >= 4 is 5.57 Å². The molecule has 0 aromatic carbocycles. The van der Waals surface area contributed by atoms with Crippen LogP contribution in [0.5, 0.6) is 0 Å². The number of fused-ring (bicyclic) bond motifs is 5. The highest BCUT2D eigenvalue weighted by molar-refractivity contribution is 5.72. The number of rotatable bonds is 1. The summed E-state index contributed by atoms with van der Waals surface area (Å²) >= 11 is 0. The first-order valence-electron chi connectivity index (χ1n) is 10.4. The lowest BCUT2D eigenvalue weighted by Crippen LogP contribution is -2.48. The molecule has 1 aromatic rings. The summed E-state index contributed by atoms with van der Waals surface area (Å²) in [6, 6.07) is 4.36. The second-order valence-corrected chi connectivity index (χ2v) is 9.52. The monoisotopic (exact) mass is 333 g/mol. The maximum atomic E-state index is 4.39. The summed E-state index contributed by atoms with van der Waals surface area (Å²) in [6.45, 7) is 5.17. The highest BCUT2D eigenvalue weighted by Crippen LogP contribution is 2.66. The zero-order chi connectivity index (χ0) is 17.1. The molecule has 2 fully saturated rings. The van der Waals surface area contributed by atoms with Crippen LogP contribution in [-0.2, 0) is 0 Å². The lowest BCUT2D eigenvalue weighted by atomic mass is 9.47. The molecule has 25 heavy (non-hydrogen) atoms. The average Bonchev–Trinajstić information content (AvgIpc) is 2.99. The summed E-state index contributed by atoms with van der Waals surface area (Å²) in [5.74, 6) is 2.64. The molecule has 4 aliphatic carbocycles. The third-order valence-corrected chi connectivity index (χ3v) is 8.57. The molecule has 1 heterocycles. The molecule has 0 amide bonds. The van der Waals surface area contributed by atoms with Crippen LogP contribution in [0.1, 0.15) is 70.8 Å². The van der Waals surface area contributed by atoms with Crippen molar-refractivity contribution in [2.24, 2.45) is 28.6 Å². The standard InChI is InChI=1S/C24H31N/c1-23-13-4-3-7-18(23)8-9-19-21-11-10-20(17-6-5-15-25-16-17)24(21,2)14-12-22(19)23/h5-6,8,10,15-16,19,21-22H,3-4,7,9,11-14H2,1-2H3/t19?,21-,22-,23-,24+/m0/s1. The Kier molecular flexibility index (Phi) is 3.53. The van der Waals surface area contributed by atoms with Crippen molar-refractivity contribution in [1.29, 1.82) is 0 Å². The third-order valence-electron chi connectivity index (χ3n) is 8.57. The molecule has 132 valence electrons. The molecule has 2 saturated carbocycles. The predicted octanol–water partition coefficient (Wildman–Crippen LogP) is 6.43. The van der Waals surface area contributed by atoms with Gasteiger partial charge in [-0.3, -0.25) is 4.98 Å². The highest BCUT2D eigenvalue weighted by atomic mass is 14.6. The summed E-state index contributed by atoms with van der Waals surface area (Å²) in [4.78, 5) is 4.39. The SMILES string of the molecule is C[C@]12CCCCC1=CCC1[C@@H]2CC[C@]2(C)C(c3cccnc3)=CC[C@@H]12. The summed E-state index contributed by atoms with van der Waals surface area (Å²) < 4.78 is 0. The van der Waals surface area contributed by atoms with E-state index in [-0.39, 0.29) is 0 Å². The maximum Gasteiger partial charge on any atom is 0.0343 e. The van der Waals surface area contributed by atoms with E-state index in [1.165, 1.54) is 56.9 Å². The van der Waals surface area contributed by atoms with Gasteiger partial charge in [-0.05, 0) is 90.7 Å². The van der Waals surface area contributed by atoms with Gasteiger partial charge in [0.2, 0.25) is 0 Å². The van der Waals surface area contributed by atoms with E-state index in [0.29, 0.717) is 10.8 Å². The van der Waals surface area contributed by atoms with Crippen LogP contribution in [0.25, 0.3) is 5.57 Å². The first kappa shape index (κ1) is 15.9. The van der Waals surface area contributed by atoms with E-state index < -0.39 is 0 Å². The molecule has 0 bridgehead atoms. The van der Waals surface area contributed by atoms with E-state index in [0.717, 1.165) is 17.8 Å². The van der Waals surface area contributed by atoms with Gasteiger partial charge in [0.1, 0.15) is 0 Å². The topological polar surface area (TPSA) is 12.9 Å². The van der Waals surface area contributed by atoms with Crippen molar-refractivity contribution in [3.05, 3.63) is 47.8 Å². The number of nitrogens with zero attached hydrogens (tertiary/aromatic N) is 1. The number of pyridine rings is 1. The van der Waals surface area contributed by atoms with E-state index in [1.807, 2.05) is 11.8 Å². The average molecular weight is 334 g/mol. The van der Waals surface area contributed by atoms with E-state index in [1.54, 1.807) is 5.57 Å². The second kappa shape index (κ2) is 5.56. The lowest BCUT2D eigenvalue weighted by Gasteiger charge is -2.57. The molecule has 0 spiro atoms. The van der Waals surface area contributed by atoms with Gasteiger partial charge in [-0.2, -0.15) is 0 Å². The summed E-state index contributed by atoms with van der Waals surface area (Å²) in [7, 11) is 0. The van der Waals surface area contributed by atoms with E-state index in [4.69, 9.17) is 0 Å². The molecule has 5 atom stereocenters. The fourth-order valence-electron chi connectivity index (χ4n) is 7.24. The van der Waals surface area contributed by atoms with Gasteiger partial charge < -0.3 is 0 Å². The van der Waals surface area contributed by atoms with Crippen LogP contribution in [0, 0.1) is 28.6 Å². The van der Waals surface area contributed by atoms with Gasteiger partial charge in [-0.15, -0.1) is 0 Å². The molecular formula is C24H31N. The van der Waals surface area contributed by atoms with Gasteiger partial charge in [-0.1, -0.05) is 44.1 Å². The Morgan fingerprint density at radius 1 is 1.00 bits per heavy atom. The van der Waals surface area contributed by atoms with Gasteiger partial charge in [-0.25, -0.2) is 0 Å². The fourth-order valence-corrected chi connectivity index (χ4v) is 7.24. The number of hydrogen-bond acceptors (Lipinski definition) is 1. The van der Waals surface area contributed by atoms with Crippen LogP contribution in [0.3, 0.4) is 0 Å². The summed E-state index contributed by atoms with van der Waals surface area (Å²) in [5.41, 5.74) is 5.65. The Bertz CT molecular complexity index is 730. The highest BCUT2D eigenvalue weighted by Gasteiger charge is 2.56. The molecule has 0 N–H and O–H groups in total. The molecule has 4 aliphatic rings. The van der Waals surface area contributed by atoms with Crippen LogP contribution in [-0.4, -0.2) is 4.98 Å². The number of aromatic nitrogens is 1. The van der Waals surface area contributed by atoms with Crippen LogP contribution >= 0.6 is 0 Å². The largest absolute Gasteiger partial charge is 0.264 e. The first-order valence-corrected chi connectivity index (χ1v) is 10.4. The minimum absolute atomic E-state index is 0.362. The van der Waals surface area contributed by atoms with Gasteiger partial charge in [0, 0.05) is 12.4 Å². The fraction of sp³-hybridized carbons (Fsp3) is 0.625. The van der Waals surface area contributed by atoms with Crippen LogP contribution in [0.4, 0.5) is 0 Å². The minimum atomic E-state index is 0.362. The molecule has 5 rings (SSSR count). The molecule has 0 aliphatic heterocycles. The molecular weight excluding hydrogens is 302 g/mol. The van der Waals surface area contributed by atoms with Crippen LogP contribution < -0.4 is 0 Å². The Hall–Kier alpha value is -1.37. The van der Waals surface area contributed by atoms with Crippen molar-refractivity contribution in [2.45, 2.75) is 65.2 Å². The maximum absolute atomic E-state index is 4.39. The van der Waals surface area contributed by atoms with Crippen molar-refractivity contribution in [1.82, 2.24) is 4.98 Å². The van der Waals surface area contributed by atoms with E-state index >= 15 is 0 Å². The Labute approximate surface area is 152 Å². The van der Waals surface area contributed by atoms with Gasteiger partial charge in [0.05, 0.1) is 0 Å². The normalized spacial score (nSPS) is 42.7. The number of hydrogen-bond donors (Lipinski definition) is 0. The van der Waals surface area contributed by atoms with Crippen molar-refractivity contribution in [3.8, 4) is 0 Å². The van der Waals surface area contributed by atoms with Crippen molar-refractivity contribution in [3.63, 3.8) is 0 Å². The molecule has 1 unspecified atom stereocenters. The second-order valence-electron chi connectivity index (χ2n) is 9.52. The Balaban J connectivity index is 1.49. The van der Waals surface area contributed by atoms with Crippen LogP contribution in [0.2, 0.25) is 0 Å². The zero-order valence-electron chi connectivity index (χ0n) is 15.8. The van der Waals surface area contributed by atoms with Gasteiger partial charge in [0.15, 0.2) is 0 Å². The zero-order valence-corrected chi connectivity index (χ0v) is 15.8. The molecule has 0 radical (unpaired) electrons. The van der Waals surface area contributed by atoms with Gasteiger partial charge in [0.25, 0.3) is 0 Å². The van der Waals surface area contributed by atoms with E-state index in [2.05, 4.69) is 49.3 Å². The van der Waals surface area contributed by atoms with Crippen molar-refractivity contribution in [2.75, 3.05) is 0 Å². The number of allylic oxidation sites excluding steroid dienone is 4.